The van der Waals surface area contributed by atoms with Gasteiger partial charge in [0.1, 0.15) is 6.04 Å². The summed E-state index contributed by atoms with van der Waals surface area (Å²) in [5.41, 5.74) is 0. The normalized spacial score (nSPS) is 25.3. The lowest BCUT2D eigenvalue weighted by atomic mass is 10.2. The smallest absolute Gasteiger partial charge is 0.410 e. The van der Waals surface area contributed by atoms with Gasteiger partial charge in [-0.3, -0.25) is 4.90 Å². The average molecular weight is 217 g/mol. The Labute approximate surface area is 87.8 Å². The molecule has 0 aliphatic carbocycles. The molecule has 1 N–H and O–H groups in total. The van der Waals surface area contributed by atoms with Crippen molar-refractivity contribution in [2.75, 3.05) is 20.3 Å². The van der Waals surface area contributed by atoms with E-state index in [-0.39, 0.29) is 12.6 Å². The van der Waals surface area contributed by atoms with E-state index in [4.69, 9.17) is 9.84 Å². The van der Waals surface area contributed by atoms with Crippen LogP contribution < -0.4 is 0 Å². The zero-order valence-electron chi connectivity index (χ0n) is 8.80. The molecule has 0 aromatic carbocycles. The molecule has 2 atom stereocenters. The second-order valence-corrected chi connectivity index (χ2v) is 3.29. The standard InChI is InChI=1S/C9H15NO5/c1-3-15-6-4-7(8(11)12)10(5-6)9(13)14-2/h6-7H,3-5H2,1-2H3,(H,11,12). The molecule has 1 fully saturated rings. The molecule has 2 unspecified atom stereocenters. The predicted molar refractivity (Wildman–Crippen MR) is 50.6 cm³/mol. The van der Waals surface area contributed by atoms with Gasteiger partial charge in [-0.15, -0.1) is 0 Å². The molecule has 0 bridgehead atoms. The highest BCUT2D eigenvalue weighted by Crippen LogP contribution is 2.21. The number of rotatable bonds is 3. The minimum Gasteiger partial charge on any atom is -0.480 e. The van der Waals surface area contributed by atoms with Gasteiger partial charge in [0.15, 0.2) is 0 Å². The molecule has 15 heavy (non-hydrogen) atoms. The lowest BCUT2D eigenvalue weighted by Crippen LogP contribution is -2.40. The van der Waals surface area contributed by atoms with Gasteiger partial charge >= 0.3 is 12.1 Å². The first kappa shape index (κ1) is 11.8. The number of carbonyl (C=O) groups excluding carboxylic acids is 1. The third-order valence-corrected chi connectivity index (χ3v) is 2.36. The fourth-order valence-corrected chi connectivity index (χ4v) is 1.71. The quantitative estimate of drug-likeness (QED) is 0.736. The van der Waals surface area contributed by atoms with Gasteiger partial charge in [0.2, 0.25) is 0 Å². The molecule has 1 amide bonds. The van der Waals surface area contributed by atoms with Crippen molar-refractivity contribution < 1.29 is 24.2 Å². The fourth-order valence-electron chi connectivity index (χ4n) is 1.71. The minimum absolute atomic E-state index is 0.213. The molecular formula is C9H15NO5. The lowest BCUT2D eigenvalue weighted by Gasteiger charge is -2.18. The fraction of sp³-hybridized carbons (Fsp3) is 0.778. The van der Waals surface area contributed by atoms with Crippen LogP contribution in [0.3, 0.4) is 0 Å². The maximum Gasteiger partial charge on any atom is 0.410 e. The molecule has 1 heterocycles. The highest BCUT2D eigenvalue weighted by Gasteiger charge is 2.40. The summed E-state index contributed by atoms with van der Waals surface area (Å²) < 4.78 is 9.80. The second kappa shape index (κ2) is 4.97. The third kappa shape index (κ3) is 2.59. The summed E-state index contributed by atoms with van der Waals surface area (Å²) in [7, 11) is 1.23. The van der Waals surface area contributed by atoms with Crippen LogP contribution in [-0.4, -0.2) is 54.5 Å². The van der Waals surface area contributed by atoms with E-state index in [0.29, 0.717) is 13.0 Å². The monoisotopic (exact) mass is 217 g/mol. The van der Waals surface area contributed by atoms with Crippen LogP contribution in [0.15, 0.2) is 0 Å². The van der Waals surface area contributed by atoms with Crippen molar-refractivity contribution in [2.45, 2.75) is 25.5 Å². The van der Waals surface area contributed by atoms with Crippen molar-refractivity contribution in [3.05, 3.63) is 0 Å². The second-order valence-electron chi connectivity index (χ2n) is 3.29. The molecule has 86 valence electrons. The van der Waals surface area contributed by atoms with E-state index in [1.54, 1.807) is 0 Å². The van der Waals surface area contributed by atoms with E-state index in [2.05, 4.69) is 4.74 Å². The molecule has 0 saturated carbocycles. The predicted octanol–water partition coefficient (Wildman–Crippen LogP) is 0.317. The Bertz CT molecular complexity index is 255. The molecule has 0 aromatic heterocycles. The van der Waals surface area contributed by atoms with Crippen molar-refractivity contribution in [3.63, 3.8) is 0 Å². The number of amides is 1. The molecule has 0 aromatic rings. The molecule has 1 rings (SSSR count). The highest BCUT2D eigenvalue weighted by atomic mass is 16.5. The molecule has 0 spiro atoms. The van der Waals surface area contributed by atoms with E-state index in [1.165, 1.54) is 12.0 Å². The molecule has 1 aliphatic rings. The Kier molecular flexibility index (Phi) is 3.90. The van der Waals surface area contributed by atoms with Crippen LogP contribution in [0.1, 0.15) is 13.3 Å². The maximum atomic E-state index is 11.3. The summed E-state index contributed by atoms with van der Waals surface area (Å²) in [6, 6.07) is -0.839. The van der Waals surface area contributed by atoms with Gasteiger partial charge < -0.3 is 14.6 Å². The van der Waals surface area contributed by atoms with Gasteiger partial charge in [-0.25, -0.2) is 9.59 Å². The van der Waals surface area contributed by atoms with Crippen LogP contribution in [-0.2, 0) is 14.3 Å². The highest BCUT2D eigenvalue weighted by molar-refractivity contribution is 5.80. The topological polar surface area (TPSA) is 76.1 Å². The van der Waals surface area contributed by atoms with E-state index in [1.807, 2.05) is 6.92 Å². The number of ether oxygens (including phenoxy) is 2. The van der Waals surface area contributed by atoms with E-state index in [9.17, 15) is 9.59 Å². The Morgan fingerprint density at radius 1 is 1.53 bits per heavy atom. The lowest BCUT2D eigenvalue weighted by molar-refractivity contribution is -0.141. The average Bonchev–Trinajstić information content (AvgIpc) is 2.61. The number of hydrogen-bond acceptors (Lipinski definition) is 4. The molecule has 1 aliphatic heterocycles. The van der Waals surface area contributed by atoms with E-state index < -0.39 is 18.1 Å². The van der Waals surface area contributed by atoms with Gasteiger partial charge in [-0.1, -0.05) is 0 Å². The van der Waals surface area contributed by atoms with Crippen LogP contribution in [0.2, 0.25) is 0 Å². The van der Waals surface area contributed by atoms with Crippen molar-refractivity contribution in [1.29, 1.82) is 0 Å². The number of aliphatic carboxylic acids is 1. The first-order valence-corrected chi connectivity index (χ1v) is 4.79. The van der Waals surface area contributed by atoms with Crippen molar-refractivity contribution in [3.8, 4) is 0 Å². The number of likely N-dealkylation sites (tertiary alicyclic amines) is 1. The van der Waals surface area contributed by atoms with E-state index >= 15 is 0 Å². The number of carboxylic acid groups (broad SMARTS) is 1. The summed E-state index contributed by atoms with van der Waals surface area (Å²) in [6.45, 7) is 2.61. The number of carbonyl (C=O) groups is 2. The summed E-state index contributed by atoms with van der Waals surface area (Å²) in [6.07, 6.45) is -0.516. The number of nitrogens with zero attached hydrogens (tertiary/aromatic N) is 1. The number of carboxylic acids is 1. The van der Waals surface area contributed by atoms with Crippen LogP contribution in [0.5, 0.6) is 0 Å². The SMILES string of the molecule is CCOC1CC(C(=O)O)N(C(=O)OC)C1. The molecule has 0 radical (unpaired) electrons. The van der Waals surface area contributed by atoms with Gasteiger partial charge in [-0.05, 0) is 6.92 Å². The van der Waals surface area contributed by atoms with Gasteiger partial charge in [-0.2, -0.15) is 0 Å². The summed E-state index contributed by atoms with van der Waals surface area (Å²) in [5.74, 6) is -1.03. The van der Waals surface area contributed by atoms with Crippen LogP contribution >= 0.6 is 0 Å². The molecule has 1 saturated heterocycles. The Balaban J connectivity index is 2.67. The van der Waals surface area contributed by atoms with Crippen LogP contribution in [0.4, 0.5) is 4.79 Å². The molecular weight excluding hydrogens is 202 g/mol. The Hall–Kier alpha value is -1.30. The van der Waals surface area contributed by atoms with Crippen molar-refractivity contribution >= 4 is 12.1 Å². The third-order valence-electron chi connectivity index (χ3n) is 2.36. The van der Waals surface area contributed by atoms with Crippen molar-refractivity contribution in [1.82, 2.24) is 4.90 Å². The largest absolute Gasteiger partial charge is 0.480 e. The zero-order chi connectivity index (χ0) is 11.4. The van der Waals surface area contributed by atoms with Crippen LogP contribution in [0, 0.1) is 0 Å². The number of hydrogen-bond donors (Lipinski definition) is 1. The summed E-state index contributed by atoms with van der Waals surface area (Å²) in [4.78, 5) is 23.3. The van der Waals surface area contributed by atoms with Crippen LogP contribution in [0.25, 0.3) is 0 Å². The molecule has 6 nitrogen and oxygen atoms in total. The summed E-state index contributed by atoms with van der Waals surface area (Å²) >= 11 is 0. The summed E-state index contributed by atoms with van der Waals surface area (Å²) in [5, 5.41) is 8.91. The number of methoxy groups -OCH3 is 1. The van der Waals surface area contributed by atoms with Gasteiger partial charge in [0.05, 0.1) is 19.8 Å². The zero-order valence-corrected chi connectivity index (χ0v) is 8.80. The Morgan fingerprint density at radius 3 is 2.67 bits per heavy atom. The maximum absolute atomic E-state index is 11.3. The Morgan fingerprint density at radius 2 is 2.20 bits per heavy atom. The van der Waals surface area contributed by atoms with E-state index in [0.717, 1.165) is 0 Å². The first-order valence-electron chi connectivity index (χ1n) is 4.79. The molecule has 6 heteroatoms. The van der Waals surface area contributed by atoms with Gasteiger partial charge in [0, 0.05) is 13.0 Å². The first-order chi connectivity index (χ1) is 7.10. The minimum atomic E-state index is -1.03. The van der Waals surface area contributed by atoms with Gasteiger partial charge in [0.25, 0.3) is 0 Å². The van der Waals surface area contributed by atoms with Crippen molar-refractivity contribution in [2.24, 2.45) is 0 Å².